The second-order valence-corrected chi connectivity index (χ2v) is 9.09. The van der Waals surface area contributed by atoms with Crippen LogP contribution in [-0.2, 0) is 18.9 Å². The highest BCUT2D eigenvalue weighted by atomic mass is 16.5. The highest BCUT2D eigenvalue weighted by Crippen LogP contribution is 2.49. The molecule has 2 saturated carbocycles. The summed E-state index contributed by atoms with van der Waals surface area (Å²) in [6.07, 6.45) is 5.35. The molecule has 156 valence electrons. The Morgan fingerprint density at radius 2 is 1.48 bits per heavy atom. The van der Waals surface area contributed by atoms with Crippen LogP contribution < -0.4 is 0 Å². The van der Waals surface area contributed by atoms with Gasteiger partial charge in [0.1, 0.15) is 6.10 Å². The third-order valence-electron chi connectivity index (χ3n) is 8.26. The second-order valence-electron chi connectivity index (χ2n) is 9.09. The molecular weight excluding hydrogens is 346 g/mol. The lowest BCUT2D eigenvalue weighted by molar-refractivity contribution is -0.192. The van der Waals surface area contributed by atoms with Crippen molar-refractivity contribution in [2.45, 2.75) is 68.7 Å². The van der Waals surface area contributed by atoms with Crippen LogP contribution in [0.3, 0.4) is 0 Å². The summed E-state index contributed by atoms with van der Waals surface area (Å²) in [5.41, 5.74) is 0. The normalized spacial score (nSPS) is 50.6. The Morgan fingerprint density at radius 3 is 2.15 bits per heavy atom. The van der Waals surface area contributed by atoms with Crippen LogP contribution in [0.25, 0.3) is 0 Å². The maximum atomic E-state index is 11.0. The molecule has 1 N–H and O–H groups in total. The van der Waals surface area contributed by atoms with Crippen LogP contribution in [0.4, 0.5) is 0 Å². The first-order valence-corrected chi connectivity index (χ1v) is 10.7. The molecule has 6 nitrogen and oxygen atoms in total. The van der Waals surface area contributed by atoms with Gasteiger partial charge < -0.3 is 24.1 Å². The topological polar surface area (TPSA) is 60.4 Å². The van der Waals surface area contributed by atoms with Gasteiger partial charge in [-0.05, 0) is 56.4 Å². The van der Waals surface area contributed by atoms with E-state index in [2.05, 4.69) is 4.90 Å². The third kappa shape index (κ3) is 3.36. The number of aliphatic hydroxyl groups excluding tert-OH is 1. The summed E-state index contributed by atoms with van der Waals surface area (Å²) in [5.74, 6) is 2.07. The lowest BCUT2D eigenvalue weighted by Crippen LogP contribution is -2.65. The Morgan fingerprint density at radius 1 is 0.741 bits per heavy atom. The fourth-order valence-corrected chi connectivity index (χ4v) is 6.95. The van der Waals surface area contributed by atoms with Crippen LogP contribution in [0.2, 0.25) is 0 Å². The molecule has 4 aliphatic rings. The summed E-state index contributed by atoms with van der Waals surface area (Å²) in [4.78, 5) is 2.68. The smallest absolute Gasteiger partial charge is 0.109 e. The maximum absolute atomic E-state index is 11.0. The highest BCUT2D eigenvalue weighted by molar-refractivity contribution is 5.06. The van der Waals surface area contributed by atoms with E-state index in [1.807, 2.05) is 14.2 Å². The lowest BCUT2D eigenvalue weighted by Gasteiger charge is -2.58. The van der Waals surface area contributed by atoms with E-state index in [1.54, 1.807) is 14.2 Å². The first kappa shape index (κ1) is 20.0. The highest BCUT2D eigenvalue weighted by Gasteiger charge is 2.54. The van der Waals surface area contributed by atoms with Crippen molar-refractivity contribution in [3.05, 3.63) is 0 Å². The van der Waals surface area contributed by atoms with Crippen LogP contribution in [-0.4, -0.2) is 88.1 Å². The van der Waals surface area contributed by atoms with Crippen molar-refractivity contribution in [2.75, 3.05) is 41.5 Å². The summed E-state index contributed by atoms with van der Waals surface area (Å²) in [5, 5.41) is 11.0. The average Bonchev–Trinajstić information content (AvgIpc) is 2.70. The van der Waals surface area contributed by atoms with Gasteiger partial charge in [-0.25, -0.2) is 0 Å². The van der Waals surface area contributed by atoms with Crippen molar-refractivity contribution in [1.29, 1.82) is 0 Å². The van der Waals surface area contributed by atoms with Gasteiger partial charge in [0.2, 0.25) is 0 Å². The van der Waals surface area contributed by atoms with Gasteiger partial charge in [0, 0.05) is 46.9 Å². The average molecular weight is 384 g/mol. The Bertz CT molecular complexity index is 505. The van der Waals surface area contributed by atoms with Crippen LogP contribution in [0.15, 0.2) is 0 Å². The lowest BCUT2D eigenvalue weighted by atomic mass is 9.61. The minimum absolute atomic E-state index is 0.0140. The minimum atomic E-state index is -0.422. The number of fused-ring (bicyclic) bond motifs is 4. The number of hydrogen-bond donors (Lipinski definition) is 1. The zero-order chi connectivity index (χ0) is 19.1. The van der Waals surface area contributed by atoms with E-state index in [9.17, 15) is 5.11 Å². The van der Waals surface area contributed by atoms with Gasteiger partial charge in [0.05, 0.1) is 24.4 Å². The van der Waals surface area contributed by atoms with Gasteiger partial charge in [-0.3, -0.25) is 4.90 Å². The molecule has 4 rings (SSSR count). The van der Waals surface area contributed by atoms with E-state index in [0.717, 1.165) is 32.4 Å². The third-order valence-corrected chi connectivity index (χ3v) is 8.26. The number of rotatable bonds is 4. The van der Waals surface area contributed by atoms with Gasteiger partial charge in [0.15, 0.2) is 0 Å². The van der Waals surface area contributed by atoms with Crippen LogP contribution >= 0.6 is 0 Å². The number of hydrogen-bond acceptors (Lipinski definition) is 6. The summed E-state index contributed by atoms with van der Waals surface area (Å²) >= 11 is 0. The fraction of sp³-hybridized carbons (Fsp3) is 1.00. The first-order chi connectivity index (χ1) is 13.1. The van der Waals surface area contributed by atoms with Gasteiger partial charge in [-0.2, -0.15) is 0 Å². The number of piperidine rings is 2. The fourth-order valence-electron chi connectivity index (χ4n) is 6.95. The molecular formula is C21H37NO5. The Kier molecular flexibility index (Phi) is 6.12. The standard InChI is InChI=1S/C21H37NO5/c1-24-17-6-5-12-9-16-14-10-18(25-2)21(27-4)19(23)13(14)7-8-22(16)11-15(12)20(17)26-3/h12-21,23H,5-11H2,1-4H3. The van der Waals surface area contributed by atoms with Crippen molar-refractivity contribution in [3.8, 4) is 0 Å². The zero-order valence-corrected chi connectivity index (χ0v) is 17.3. The molecule has 0 bridgehead atoms. The minimum Gasteiger partial charge on any atom is -0.390 e. The van der Waals surface area contributed by atoms with E-state index in [0.29, 0.717) is 29.7 Å². The van der Waals surface area contributed by atoms with E-state index in [1.165, 1.54) is 12.8 Å². The van der Waals surface area contributed by atoms with E-state index in [-0.39, 0.29) is 24.4 Å². The molecule has 6 heteroatoms. The summed E-state index contributed by atoms with van der Waals surface area (Å²) in [6.45, 7) is 2.16. The Balaban J connectivity index is 1.52. The summed E-state index contributed by atoms with van der Waals surface area (Å²) < 4.78 is 23.0. The van der Waals surface area contributed by atoms with Gasteiger partial charge in [-0.1, -0.05) is 0 Å². The quantitative estimate of drug-likeness (QED) is 0.795. The molecule has 0 radical (unpaired) electrons. The van der Waals surface area contributed by atoms with Crippen LogP contribution in [0, 0.1) is 23.7 Å². The molecule has 0 aromatic carbocycles. The first-order valence-electron chi connectivity index (χ1n) is 10.7. The van der Waals surface area contributed by atoms with E-state index >= 15 is 0 Å². The largest absolute Gasteiger partial charge is 0.390 e. The molecule has 0 aromatic rings. The number of ether oxygens (including phenoxy) is 4. The molecule has 2 aliphatic carbocycles. The van der Waals surface area contributed by atoms with Gasteiger partial charge in [-0.15, -0.1) is 0 Å². The summed E-state index contributed by atoms with van der Waals surface area (Å²) in [7, 11) is 7.09. The Labute approximate surface area is 163 Å². The van der Waals surface area contributed by atoms with E-state index < -0.39 is 6.10 Å². The predicted octanol–water partition coefficient (Wildman–Crippen LogP) is 1.55. The molecule has 27 heavy (non-hydrogen) atoms. The monoisotopic (exact) mass is 383 g/mol. The molecule has 4 fully saturated rings. The second kappa shape index (κ2) is 8.25. The molecule has 2 saturated heterocycles. The number of aliphatic hydroxyl groups is 1. The molecule has 10 unspecified atom stereocenters. The zero-order valence-electron chi connectivity index (χ0n) is 17.3. The molecule has 2 aliphatic heterocycles. The van der Waals surface area contributed by atoms with Crippen molar-refractivity contribution < 1.29 is 24.1 Å². The Hall–Kier alpha value is -0.240. The van der Waals surface area contributed by atoms with Crippen molar-refractivity contribution >= 4 is 0 Å². The number of nitrogens with zero attached hydrogens (tertiary/aromatic N) is 1. The van der Waals surface area contributed by atoms with Gasteiger partial charge in [0.25, 0.3) is 0 Å². The summed E-state index contributed by atoms with van der Waals surface area (Å²) in [6, 6.07) is 0.548. The molecule has 0 spiro atoms. The molecule has 0 amide bonds. The molecule has 10 atom stereocenters. The van der Waals surface area contributed by atoms with E-state index in [4.69, 9.17) is 18.9 Å². The van der Waals surface area contributed by atoms with Crippen LogP contribution in [0.5, 0.6) is 0 Å². The predicted molar refractivity (Wildman–Crippen MR) is 102 cm³/mol. The van der Waals surface area contributed by atoms with Crippen molar-refractivity contribution in [1.82, 2.24) is 4.90 Å². The number of methoxy groups -OCH3 is 4. The van der Waals surface area contributed by atoms with Gasteiger partial charge >= 0.3 is 0 Å². The molecule has 0 aromatic heterocycles. The maximum Gasteiger partial charge on any atom is 0.109 e. The van der Waals surface area contributed by atoms with Crippen molar-refractivity contribution in [3.63, 3.8) is 0 Å². The van der Waals surface area contributed by atoms with Crippen LogP contribution in [0.1, 0.15) is 32.1 Å². The SMILES string of the molecule is COC1CC2C(CCN3CC4C(CCC(OC)C4OC)CC23)C(O)C1OC. The molecule has 2 heterocycles. The van der Waals surface area contributed by atoms with Crippen molar-refractivity contribution in [2.24, 2.45) is 23.7 Å².